The van der Waals surface area contributed by atoms with Gasteiger partial charge in [-0.15, -0.1) is 0 Å². The first-order chi connectivity index (χ1) is 15.3. The van der Waals surface area contributed by atoms with E-state index in [1.807, 2.05) is 65.6 Å². The summed E-state index contributed by atoms with van der Waals surface area (Å²) in [5, 5.41) is 3.59. The minimum atomic E-state index is -0.297. The van der Waals surface area contributed by atoms with Gasteiger partial charge in [-0.05, 0) is 30.2 Å². The first kappa shape index (κ1) is 21.0. The molecule has 0 radical (unpaired) electrons. The molecule has 1 aliphatic rings. The number of para-hydroxylation sites is 2. The molecule has 1 amide bonds. The molecular formula is C27H30N2O2. The van der Waals surface area contributed by atoms with E-state index < -0.39 is 0 Å². The summed E-state index contributed by atoms with van der Waals surface area (Å²) in [7, 11) is 0. The summed E-state index contributed by atoms with van der Waals surface area (Å²) in [6.45, 7) is 3.42. The van der Waals surface area contributed by atoms with E-state index in [-0.39, 0.29) is 12.1 Å². The van der Waals surface area contributed by atoms with Crippen LogP contribution in [-0.4, -0.2) is 17.4 Å². The first-order valence-electron chi connectivity index (χ1n) is 11.2. The Labute approximate surface area is 184 Å². The Morgan fingerprint density at radius 3 is 2.45 bits per heavy atom. The Balaban J connectivity index is 1.64. The topological polar surface area (TPSA) is 41.6 Å². The molecule has 1 aliphatic heterocycles. The molecule has 160 valence electrons. The molecule has 3 aromatic carbocycles. The molecule has 0 saturated carbocycles. The summed E-state index contributed by atoms with van der Waals surface area (Å²) >= 11 is 0. The van der Waals surface area contributed by atoms with Gasteiger partial charge in [0.25, 0.3) is 5.91 Å². The van der Waals surface area contributed by atoms with Crippen LogP contribution in [0.25, 0.3) is 0 Å². The van der Waals surface area contributed by atoms with Gasteiger partial charge < -0.3 is 15.0 Å². The SMILES string of the molecule is CCCCCCOc1ccccc1C1Nc2ccccc2C(=O)N1Cc1ccccc1. The van der Waals surface area contributed by atoms with Crippen molar-refractivity contribution in [2.45, 2.75) is 45.3 Å². The molecule has 0 fully saturated rings. The maximum absolute atomic E-state index is 13.5. The number of nitrogens with zero attached hydrogens (tertiary/aromatic N) is 1. The van der Waals surface area contributed by atoms with Crippen molar-refractivity contribution < 1.29 is 9.53 Å². The Morgan fingerprint density at radius 2 is 1.61 bits per heavy atom. The first-order valence-corrected chi connectivity index (χ1v) is 11.2. The summed E-state index contributed by atoms with van der Waals surface area (Å²) in [5.74, 6) is 0.864. The van der Waals surface area contributed by atoms with Gasteiger partial charge in [-0.25, -0.2) is 0 Å². The number of benzene rings is 3. The Hall–Kier alpha value is -3.27. The highest BCUT2D eigenvalue weighted by molar-refractivity contribution is 6.01. The van der Waals surface area contributed by atoms with Gasteiger partial charge in [0, 0.05) is 17.8 Å². The van der Waals surface area contributed by atoms with Crippen LogP contribution in [0.2, 0.25) is 0 Å². The third kappa shape index (κ3) is 4.91. The maximum atomic E-state index is 13.5. The summed E-state index contributed by atoms with van der Waals surface area (Å²) < 4.78 is 6.18. The number of hydrogen-bond acceptors (Lipinski definition) is 3. The summed E-state index contributed by atoms with van der Waals surface area (Å²) in [6.07, 6.45) is 4.35. The van der Waals surface area contributed by atoms with Gasteiger partial charge in [0.15, 0.2) is 0 Å². The molecule has 0 spiro atoms. The average Bonchev–Trinajstić information content (AvgIpc) is 2.82. The number of ether oxygens (including phenoxy) is 1. The number of amides is 1. The number of carbonyl (C=O) groups excluding carboxylic acids is 1. The van der Waals surface area contributed by atoms with Gasteiger partial charge in [-0.3, -0.25) is 4.79 Å². The summed E-state index contributed by atoms with van der Waals surface area (Å²) in [4.78, 5) is 15.4. The molecular weight excluding hydrogens is 384 g/mol. The van der Waals surface area contributed by atoms with E-state index in [0.29, 0.717) is 18.7 Å². The maximum Gasteiger partial charge on any atom is 0.258 e. The Morgan fingerprint density at radius 1 is 0.871 bits per heavy atom. The molecule has 0 bridgehead atoms. The molecule has 0 aliphatic carbocycles. The molecule has 1 heterocycles. The van der Waals surface area contributed by atoms with Crippen molar-refractivity contribution in [3.8, 4) is 5.75 Å². The lowest BCUT2D eigenvalue weighted by Crippen LogP contribution is -2.42. The van der Waals surface area contributed by atoms with Crippen LogP contribution in [0.5, 0.6) is 5.75 Å². The van der Waals surface area contributed by atoms with Crippen LogP contribution in [0.4, 0.5) is 5.69 Å². The largest absolute Gasteiger partial charge is 0.493 e. The number of hydrogen-bond donors (Lipinski definition) is 1. The number of carbonyl (C=O) groups is 1. The zero-order valence-corrected chi connectivity index (χ0v) is 18.1. The summed E-state index contributed by atoms with van der Waals surface area (Å²) in [6, 6.07) is 25.9. The van der Waals surface area contributed by atoms with Crippen molar-refractivity contribution >= 4 is 11.6 Å². The van der Waals surface area contributed by atoms with E-state index in [1.54, 1.807) is 0 Å². The van der Waals surface area contributed by atoms with Crippen molar-refractivity contribution in [2.75, 3.05) is 11.9 Å². The van der Waals surface area contributed by atoms with Gasteiger partial charge in [0.2, 0.25) is 0 Å². The number of rotatable bonds is 9. The van der Waals surface area contributed by atoms with Crippen molar-refractivity contribution in [2.24, 2.45) is 0 Å². The molecule has 4 nitrogen and oxygen atoms in total. The van der Waals surface area contributed by atoms with Crippen LogP contribution in [-0.2, 0) is 6.54 Å². The van der Waals surface area contributed by atoms with Crippen LogP contribution in [0.3, 0.4) is 0 Å². The molecule has 1 N–H and O–H groups in total. The standard InChI is InChI=1S/C27H30N2O2/c1-2-3-4-12-19-31-25-18-11-9-16-23(25)26-28-24-17-10-8-15-22(24)27(30)29(26)20-21-13-6-5-7-14-21/h5-11,13-18,26,28H,2-4,12,19-20H2,1H3. The van der Waals surface area contributed by atoms with Gasteiger partial charge >= 0.3 is 0 Å². The molecule has 0 aromatic heterocycles. The van der Waals surface area contributed by atoms with E-state index in [0.717, 1.165) is 29.0 Å². The van der Waals surface area contributed by atoms with Crippen molar-refractivity contribution in [1.82, 2.24) is 4.90 Å². The van der Waals surface area contributed by atoms with Crippen LogP contribution < -0.4 is 10.1 Å². The third-order valence-electron chi connectivity index (χ3n) is 5.69. The average molecular weight is 415 g/mol. The number of nitrogens with one attached hydrogen (secondary N) is 1. The fourth-order valence-corrected chi connectivity index (χ4v) is 4.03. The highest BCUT2D eigenvalue weighted by Gasteiger charge is 2.34. The highest BCUT2D eigenvalue weighted by atomic mass is 16.5. The highest BCUT2D eigenvalue weighted by Crippen LogP contribution is 2.37. The quantitative estimate of drug-likeness (QED) is 0.411. The smallest absolute Gasteiger partial charge is 0.258 e. The minimum Gasteiger partial charge on any atom is -0.493 e. The Kier molecular flexibility index (Phi) is 6.88. The molecule has 3 aromatic rings. The predicted octanol–water partition coefficient (Wildman–Crippen LogP) is 6.41. The molecule has 4 rings (SSSR count). The summed E-state index contributed by atoms with van der Waals surface area (Å²) in [5.41, 5.74) is 3.64. The minimum absolute atomic E-state index is 0.0287. The molecule has 0 saturated heterocycles. The monoisotopic (exact) mass is 414 g/mol. The second kappa shape index (κ2) is 10.2. The van der Waals surface area contributed by atoms with E-state index in [4.69, 9.17) is 4.74 Å². The van der Waals surface area contributed by atoms with E-state index >= 15 is 0 Å². The molecule has 1 unspecified atom stereocenters. The lowest BCUT2D eigenvalue weighted by atomic mass is 10.0. The van der Waals surface area contributed by atoms with Crippen molar-refractivity contribution in [3.63, 3.8) is 0 Å². The number of fused-ring (bicyclic) bond motifs is 1. The lowest BCUT2D eigenvalue weighted by molar-refractivity contribution is 0.0664. The second-order valence-corrected chi connectivity index (χ2v) is 7.96. The number of anilines is 1. The van der Waals surface area contributed by atoms with Crippen LogP contribution in [0, 0.1) is 0 Å². The van der Waals surface area contributed by atoms with Gasteiger partial charge in [0.05, 0.1) is 12.2 Å². The van der Waals surface area contributed by atoms with Crippen LogP contribution in [0.15, 0.2) is 78.9 Å². The van der Waals surface area contributed by atoms with Crippen LogP contribution >= 0.6 is 0 Å². The van der Waals surface area contributed by atoms with Crippen molar-refractivity contribution in [3.05, 3.63) is 95.6 Å². The Bertz CT molecular complexity index is 1000. The molecule has 4 heteroatoms. The van der Waals surface area contributed by atoms with E-state index in [1.165, 1.54) is 19.3 Å². The fourth-order valence-electron chi connectivity index (χ4n) is 4.03. The zero-order valence-electron chi connectivity index (χ0n) is 18.1. The normalized spacial score (nSPS) is 15.3. The van der Waals surface area contributed by atoms with Gasteiger partial charge in [-0.2, -0.15) is 0 Å². The molecule has 1 atom stereocenters. The van der Waals surface area contributed by atoms with Crippen LogP contribution in [0.1, 0.15) is 60.3 Å². The lowest BCUT2D eigenvalue weighted by Gasteiger charge is -2.38. The number of unbranched alkanes of at least 4 members (excludes halogenated alkanes) is 3. The molecule has 31 heavy (non-hydrogen) atoms. The van der Waals surface area contributed by atoms with Gasteiger partial charge in [0.1, 0.15) is 11.9 Å². The van der Waals surface area contributed by atoms with Crippen molar-refractivity contribution in [1.29, 1.82) is 0 Å². The fraction of sp³-hybridized carbons (Fsp3) is 0.296. The van der Waals surface area contributed by atoms with E-state index in [9.17, 15) is 4.79 Å². The third-order valence-corrected chi connectivity index (χ3v) is 5.69. The van der Waals surface area contributed by atoms with Gasteiger partial charge in [-0.1, -0.05) is 86.8 Å². The zero-order chi connectivity index (χ0) is 21.5. The van der Waals surface area contributed by atoms with E-state index in [2.05, 4.69) is 30.4 Å². The predicted molar refractivity (Wildman–Crippen MR) is 125 cm³/mol. The second-order valence-electron chi connectivity index (χ2n) is 7.96.